The van der Waals surface area contributed by atoms with Gasteiger partial charge in [-0.05, 0) is 18.6 Å². The monoisotopic (exact) mass is 325 g/mol. The number of aromatic amines is 1. The lowest BCUT2D eigenvalue weighted by Gasteiger charge is -2.19. The van der Waals surface area contributed by atoms with Crippen LogP contribution in [0, 0.1) is 0 Å². The highest BCUT2D eigenvalue weighted by Gasteiger charge is 2.23. The smallest absolute Gasteiger partial charge is 0.243 e. The quantitative estimate of drug-likeness (QED) is 0.701. The number of nitrogens with one attached hydrogen (secondary N) is 2. The highest BCUT2D eigenvalue weighted by atomic mass is 16.2. The predicted octanol–water partition coefficient (Wildman–Crippen LogP) is 2.63. The Labute approximate surface area is 141 Å². The van der Waals surface area contributed by atoms with Gasteiger partial charge in [-0.15, -0.1) is 0 Å². The Morgan fingerprint density at radius 3 is 2.88 bits per heavy atom. The molecule has 0 aliphatic heterocycles. The zero-order valence-corrected chi connectivity index (χ0v) is 14.1. The van der Waals surface area contributed by atoms with Crippen LogP contribution in [0.5, 0.6) is 0 Å². The lowest BCUT2D eigenvalue weighted by atomic mass is 10.1. The molecule has 0 saturated carbocycles. The van der Waals surface area contributed by atoms with Crippen molar-refractivity contribution in [1.29, 1.82) is 0 Å². The van der Waals surface area contributed by atoms with Crippen LogP contribution in [0.3, 0.4) is 0 Å². The number of carbonyl (C=O) groups excluding carboxylic acids is 1. The Kier molecular flexibility index (Phi) is 4.93. The van der Waals surface area contributed by atoms with Crippen LogP contribution in [0.2, 0.25) is 0 Å². The Bertz CT molecular complexity index is 806. The van der Waals surface area contributed by atoms with Gasteiger partial charge in [0.1, 0.15) is 11.9 Å². The maximum absolute atomic E-state index is 12.7. The molecule has 0 saturated heterocycles. The van der Waals surface area contributed by atoms with E-state index in [1.807, 2.05) is 31.2 Å². The molecule has 6 heteroatoms. The summed E-state index contributed by atoms with van der Waals surface area (Å²) in [6.45, 7) is 4.69. The number of hydrogen-bond donors (Lipinski definition) is 2. The van der Waals surface area contributed by atoms with Crippen LogP contribution in [0.15, 0.2) is 36.8 Å². The topological polar surface area (TPSA) is 75.6 Å². The summed E-state index contributed by atoms with van der Waals surface area (Å²) in [5.41, 5.74) is 2.98. The van der Waals surface area contributed by atoms with Crippen LogP contribution in [0.1, 0.15) is 37.8 Å². The average Bonchev–Trinajstić information content (AvgIpc) is 3.23. The second-order valence-corrected chi connectivity index (χ2v) is 5.78. The van der Waals surface area contributed by atoms with E-state index in [0.717, 1.165) is 41.8 Å². The molecule has 6 nitrogen and oxygen atoms in total. The van der Waals surface area contributed by atoms with Crippen LogP contribution in [0.25, 0.3) is 11.0 Å². The highest BCUT2D eigenvalue weighted by Crippen LogP contribution is 2.24. The largest absolute Gasteiger partial charge is 0.354 e. The molecule has 0 fully saturated rings. The fraction of sp³-hybridized carbons (Fsp3) is 0.389. The minimum absolute atomic E-state index is 0.0369. The molecule has 0 aliphatic carbocycles. The van der Waals surface area contributed by atoms with E-state index in [-0.39, 0.29) is 11.9 Å². The van der Waals surface area contributed by atoms with Crippen LogP contribution in [0.4, 0.5) is 0 Å². The normalized spacial score (nSPS) is 12.4. The first-order valence-electron chi connectivity index (χ1n) is 8.45. The third kappa shape index (κ3) is 3.18. The zero-order valence-electron chi connectivity index (χ0n) is 14.1. The van der Waals surface area contributed by atoms with Crippen molar-refractivity contribution in [2.24, 2.45) is 0 Å². The van der Waals surface area contributed by atoms with Crippen molar-refractivity contribution in [3.8, 4) is 0 Å². The fourth-order valence-electron chi connectivity index (χ4n) is 3.04. The maximum atomic E-state index is 12.7. The van der Waals surface area contributed by atoms with E-state index in [9.17, 15) is 4.79 Å². The number of nitrogens with zero attached hydrogens (tertiary/aromatic N) is 3. The summed E-state index contributed by atoms with van der Waals surface area (Å²) < 4.78 is 2.08. The summed E-state index contributed by atoms with van der Waals surface area (Å²) in [7, 11) is 0. The van der Waals surface area contributed by atoms with E-state index in [2.05, 4.69) is 31.8 Å². The summed E-state index contributed by atoms with van der Waals surface area (Å²) in [5.74, 6) is 0.988. The third-order valence-electron chi connectivity index (χ3n) is 4.23. The Morgan fingerprint density at radius 2 is 2.17 bits per heavy atom. The lowest BCUT2D eigenvalue weighted by molar-refractivity contribution is -0.124. The number of hydrogen-bond acceptors (Lipinski definition) is 3. The van der Waals surface area contributed by atoms with Crippen molar-refractivity contribution in [3.05, 3.63) is 48.3 Å². The lowest BCUT2D eigenvalue weighted by Crippen LogP contribution is -2.34. The maximum Gasteiger partial charge on any atom is 0.243 e. The number of rotatable bonds is 7. The average molecular weight is 325 g/mol. The van der Waals surface area contributed by atoms with E-state index in [0.29, 0.717) is 6.54 Å². The summed E-state index contributed by atoms with van der Waals surface area (Å²) in [6.07, 6.45) is 5.70. The number of amides is 1. The molecule has 1 amide bonds. The molecule has 2 N–H and O–H groups in total. The van der Waals surface area contributed by atoms with Gasteiger partial charge in [-0.25, -0.2) is 9.97 Å². The van der Waals surface area contributed by atoms with Gasteiger partial charge in [-0.1, -0.05) is 26.0 Å². The Hall–Kier alpha value is -2.63. The summed E-state index contributed by atoms with van der Waals surface area (Å²) >= 11 is 0. The number of aryl methyl sites for hydroxylation is 1. The van der Waals surface area contributed by atoms with Crippen LogP contribution < -0.4 is 5.32 Å². The van der Waals surface area contributed by atoms with Gasteiger partial charge in [0.05, 0.1) is 17.4 Å². The second-order valence-electron chi connectivity index (χ2n) is 5.78. The van der Waals surface area contributed by atoms with Crippen molar-refractivity contribution in [3.63, 3.8) is 0 Å². The molecule has 3 rings (SSSR count). The predicted molar refractivity (Wildman–Crippen MR) is 93.7 cm³/mol. The number of imidazole rings is 2. The zero-order chi connectivity index (χ0) is 16.9. The molecule has 0 bridgehead atoms. The minimum atomic E-state index is -0.242. The third-order valence-corrected chi connectivity index (χ3v) is 4.23. The molecule has 2 aromatic heterocycles. The van der Waals surface area contributed by atoms with Crippen molar-refractivity contribution in [1.82, 2.24) is 24.8 Å². The first kappa shape index (κ1) is 16.2. The molecular weight excluding hydrogens is 302 g/mol. The molecule has 126 valence electrons. The molecule has 0 aliphatic rings. The van der Waals surface area contributed by atoms with Gasteiger partial charge in [0.2, 0.25) is 5.91 Å². The van der Waals surface area contributed by atoms with Gasteiger partial charge in [-0.2, -0.15) is 0 Å². The number of H-pyrrole nitrogens is 1. The van der Waals surface area contributed by atoms with E-state index in [1.165, 1.54) is 0 Å². The number of benzene rings is 1. The highest BCUT2D eigenvalue weighted by molar-refractivity contribution is 5.84. The van der Waals surface area contributed by atoms with Crippen molar-refractivity contribution >= 4 is 16.9 Å². The van der Waals surface area contributed by atoms with E-state index in [4.69, 9.17) is 0 Å². The van der Waals surface area contributed by atoms with Gasteiger partial charge >= 0.3 is 0 Å². The van der Waals surface area contributed by atoms with Gasteiger partial charge in [0.15, 0.2) is 0 Å². The molecule has 3 aromatic rings. The summed E-state index contributed by atoms with van der Waals surface area (Å²) in [5, 5.41) is 3.04. The van der Waals surface area contributed by atoms with E-state index >= 15 is 0 Å². The molecule has 1 atom stereocenters. The first-order valence-corrected chi connectivity index (χ1v) is 8.45. The minimum Gasteiger partial charge on any atom is -0.354 e. The Balaban J connectivity index is 1.79. The molecular formula is C18H23N5O. The van der Waals surface area contributed by atoms with Gasteiger partial charge in [0.25, 0.3) is 0 Å². The van der Waals surface area contributed by atoms with Gasteiger partial charge in [0, 0.05) is 31.3 Å². The molecule has 2 heterocycles. The van der Waals surface area contributed by atoms with Crippen LogP contribution in [-0.4, -0.2) is 32.0 Å². The van der Waals surface area contributed by atoms with Gasteiger partial charge in [-0.3, -0.25) is 4.79 Å². The van der Waals surface area contributed by atoms with Crippen LogP contribution >= 0.6 is 0 Å². The van der Waals surface area contributed by atoms with Crippen molar-refractivity contribution in [2.75, 3.05) is 6.54 Å². The van der Waals surface area contributed by atoms with Gasteiger partial charge < -0.3 is 14.9 Å². The van der Waals surface area contributed by atoms with Crippen molar-refractivity contribution < 1.29 is 4.79 Å². The standard InChI is InChI=1S/C18H23N5O/c1-3-15(18(24)20-10-9-13-11-19-12-21-13)23-16-8-6-5-7-14(16)22-17(23)4-2/h5-8,11-12,15H,3-4,9-10H2,1-2H3,(H,19,21)(H,20,24). The molecule has 1 aromatic carbocycles. The SMILES string of the molecule is CCc1nc2ccccc2n1C(CC)C(=O)NCCc1cnc[nH]1. The number of fused-ring (bicyclic) bond motifs is 1. The number of para-hydroxylation sites is 2. The Morgan fingerprint density at radius 1 is 1.33 bits per heavy atom. The second kappa shape index (κ2) is 7.29. The molecule has 0 radical (unpaired) electrons. The summed E-state index contributed by atoms with van der Waals surface area (Å²) in [6, 6.07) is 7.75. The first-order chi connectivity index (χ1) is 11.7. The molecule has 1 unspecified atom stereocenters. The number of aromatic nitrogens is 4. The molecule has 24 heavy (non-hydrogen) atoms. The van der Waals surface area contributed by atoms with E-state index < -0.39 is 0 Å². The molecule has 0 spiro atoms. The number of carbonyl (C=O) groups is 1. The van der Waals surface area contributed by atoms with E-state index in [1.54, 1.807) is 12.5 Å². The van der Waals surface area contributed by atoms with Crippen LogP contribution in [-0.2, 0) is 17.6 Å². The summed E-state index contributed by atoms with van der Waals surface area (Å²) in [4.78, 5) is 24.4. The fourth-order valence-corrected chi connectivity index (χ4v) is 3.04. The van der Waals surface area contributed by atoms with Crippen molar-refractivity contribution in [2.45, 2.75) is 39.2 Å².